The van der Waals surface area contributed by atoms with Gasteiger partial charge in [0.15, 0.2) is 0 Å². The van der Waals surface area contributed by atoms with Crippen LogP contribution in [0.15, 0.2) is 30.6 Å². The van der Waals surface area contributed by atoms with Crippen LogP contribution in [0.25, 0.3) is 22.2 Å². The number of carbonyl (C=O) groups excluding carboxylic acids is 1. The first-order valence-corrected chi connectivity index (χ1v) is 12.3. The monoisotopic (exact) mass is 460 g/mol. The summed E-state index contributed by atoms with van der Waals surface area (Å²) in [6, 6.07) is 6.86. The van der Waals surface area contributed by atoms with Crippen LogP contribution in [-0.4, -0.2) is 57.8 Å². The molecule has 0 bridgehead atoms. The van der Waals surface area contributed by atoms with E-state index >= 15 is 0 Å². The van der Waals surface area contributed by atoms with Gasteiger partial charge in [0.2, 0.25) is 0 Å². The molecule has 7 nitrogen and oxygen atoms in total. The van der Waals surface area contributed by atoms with Gasteiger partial charge in [-0.05, 0) is 79.0 Å². The van der Waals surface area contributed by atoms with E-state index in [-0.39, 0.29) is 11.9 Å². The summed E-state index contributed by atoms with van der Waals surface area (Å²) in [6.45, 7) is 6.35. The smallest absolute Gasteiger partial charge is 0.254 e. The van der Waals surface area contributed by atoms with Crippen LogP contribution in [0, 0.1) is 0 Å². The standard InChI is InChI=1S/C27H32N4O3/c1-27(2,33)26(32)31-7-5-17-9-18(10-20(23(17)14-31)24-15-34-8-6-28-24)19-11-21-22(16-3-4-16)13-30-25(21)29-12-19/h9-13,16,24,28,33H,3-8,14-15H2,1-2H3,(H,29,30). The van der Waals surface area contributed by atoms with Crippen molar-refractivity contribution in [1.82, 2.24) is 20.2 Å². The fraction of sp³-hybridized carbons (Fsp3) is 0.481. The third-order valence-electron chi connectivity index (χ3n) is 7.40. The first-order chi connectivity index (χ1) is 16.4. The first kappa shape index (κ1) is 21.8. The van der Waals surface area contributed by atoms with Crippen LogP contribution in [0.3, 0.4) is 0 Å². The van der Waals surface area contributed by atoms with Gasteiger partial charge in [0.25, 0.3) is 5.91 Å². The number of amides is 1. The molecule has 3 aromatic rings. The average molecular weight is 461 g/mol. The molecule has 178 valence electrons. The predicted molar refractivity (Wildman–Crippen MR) is 130 cm³/mol. The number of nitrogens with one attached hydrogen (secondary N) is 2. The number of ether oxygens (including phenoxy) is 1. The van der Waals surface area contributed by atoms with Crippen molar-refractivity contribution in [2.75, 3.05) is 26.3 Å². The van der Waals surface area contributed by atoms with Gasteiger partial charge in [-0.1, -0.05) is 6.07 Å². The number of aliphatic hydroxyl groups is 1. The van der Waals surface area contributed by atoms with Crippen molar-refractivity contribution in [2.24, 2.45) is 0 Å². The van der Waals surface area contributed by atoms with Gasteiger partial charge in [0.1, 0.15) is 11.2 Å². The van der Waals surface area contributed by atoms with E-state index in [1.54, 1.807) is 18.7 Å². The minimum atomic E-state index is -1.37. The van der Waals surface area contributed by atoms with E-state index in [4.69, 9.17) is 9.72 Å². The van der Waals surface area contributed by atoms with E-state index in [0.717, 1.165) is 29.7 Å². The van der Waals surface area contributed by atoms with Crippen molar-refractivity contribution in [3.63, 3.8) is 0 Å². The lowest BCUT2D eigenvalue weighted by molar-refractivity contribution is -0.148. The average Bonchev–Trinajstić information content (AvgIpc) is 3.61. The Bertz CT molecular complexity index is 1250. The SMILES string of the molecule is CC(C)(O)C(=O)N1CCc2cc(-c3cnc4[nH]cc(C5CC5)c4c3)cc(C3COCCN3)c2C1. The summed E-state index contributed by atoms with van der Waals surface area (Å²) in [5, 5.41) is 15.1. The molecule has 0 radical (unpaired) electrons. The molecule has 3 N–H and O–H groups in total. The zero-order chi connectivity index (χ0) is 23.4. The molecule has 0 spiro atoms. The maximum atomic E-state index is 12.8. The third kappa shape index (κ3) is 3.91. The van der Waals surface area contributed by atoms with Crippen molar-refractivity contribution >= 4 is 16.9 Å². The van der Waals surface area contributed by atoms with Crippen molar-refractivity contribution in [1.29, 1.82) is 0 Å². The van der Waals surface area contributed by atoms with Gasteiger partial charge in [0, 0.05) is 43.0 Å². The minimum Gasteiger partial charge on any atom is -0.381 e. The summed E-state index contributed by atoms with van der Waals surface area (Å²) in [7, 11) is 0. The maximum Gasteiger partial charge on any atom is 0.254 e. The Balaban J connectivity index is 1.42. The Kier molecular flexibility index (Phi) is 5.24. The molecule has 7 heteroatoms. The third-order valence-corrected chi connectivity index (χ3v) is 7.40. The highest BCUT2D eigenvalue weighted by Crippen LogP contribution is 2.43. The molecule has 6 rings (SSSR count). The maximum absolute atomic E-state index is 12.8. The highest BCUT2D eigenvalue weighted by Gasteiger charge is 2.33. The Hall–Kier alpha value is -2.74. The summed E-state index contributed by atoms with van der Waals surface area (Å²) in [5.41, 5.74) is 6.84. The second-order valence-corrected chi connectivity index (χ2v) is 10.5. The number of H-pyrrole nitrogens is 1. The van der Waals surface area contributed by atoms with E-state index < -0.39 is 5.60 Å². The molecule has 1 aliphatic carbocycles. The number of fused-ring (bicyclic) bond motifs is 2. The number of aromatic amines is 1. The van der Waals surface area contributed by atoms with Crippen molar-refractivity contribution in [2.45, 2.75) is 57.2 Å². The van der Waals surface area contributed by atoms with E-state index in [0.29, 0.717) is 32.2 Å². The Labute approximate surface area is 199 Å². The van der Waals surface area contributed by atoms with Crippen LogP contribution in [0.1, 0.15) is 60.9 Å². The van der Waals surface area contributed by atoms with Crippen LogP contribution in [0.5, 0.6) is 0 Å². The summed E-state index contributed by atoms with van der Waals surface area (Å²) in [5.74, 6) is 0.434. The number of hydrogen-bond acceptors (Lipinski definition) is 5. The highest BCUT2D eigenvalue weighted by molar-refractivity contribution is 5.86. The minimum absolute atomic E-state index is 0.0746. The normalized spacial score (nSPS) is 21.0. The largest absolute Gasteiger partial charge is 0.381 e. The molecule has 1 atom stereocenters. The van der Waals surface area contributed by atoms with Gasteiger partial charge >= 0.3 is 0 Å². The second-order valence-electron chi connectivity index (χ2n) is 10.5. The molecule has 1 amide bonds. The van der Waals surface area contributed by atoms with Gasteiger partial charge < -0.3 is 25.0 Å². The van der Waals surface area contributed by atoms with Crippen LogP contribution >= 0.6 is 0 Å². The predicted octanol–water partition coefficient (Wildman–Crippen LogP) is 3.42. The van der Waals surface area contributed by atoms with Crippen LogP contribution in [-0.2, 0) is 22.5 Å². The molecular weight excluding hydrogens is 428 g/mol. The van der Waals surface area contributed by atoms with Gasteiger partial charge in [-0.25, -0.2) is 4.98 Å². The molecule has 2 aromatic heterocycles. The number of hydrogen-bond donors (Lipinski definition) is 3. The molecule has 1 saturated carbocycles. The van der Waals surface area contributed by atoms with Crippen molar-refractivity contribution in [3.8, 4) is 11.1 Å². The molecule has 4 heterocycles. The lowest BCUT2D eigenvalue weighted by Gasteiger charge is -2.36. The fourth-order valence-corrected chi connectivity index (χ4v) is 5.41. The molecule has 34 heavy (non-hydrogen) atoms. The molecule has 1 aromatic carbocycles. The van der Waals surface area contributed by atoms with Crippen molar-refractivity contribution in [3.05, 3.63) is 52.8 Å². The number of carbonyl (C=O) groups is 1. The number of aromatic nitrogens is 2. The number of rotatable bonds is 4. The number of pyridine rings is 1. The van der Waals surface area contributed by atoms with E-state index in [1.807, 2.05) is 6.20 Å². The molecule has 2 aliphatic heterocycles. The van der Waals surface area contributed by atoms with Crippen LogP contribution < -0.4 is 5.32 Å². The summed E-state index contributed by atoms with van der Waals surface area (Å²) in [6.07, 6.45) is 7.35. The number of nitrogens with zero attached hydrogens (tertiary/aromatic N) is 2. The fourth-order valence-electron chi connectivity index (χ4n) is 5.41. The first-order valence-electron chi connectivity index (χ1n) is 12.3. The Morgan fingerprint density at radius 2 is 2.06 bits per heavy atom. The van der Waals surface area contributed by atoms with Crippen LogP contribution in [0.2, 0.25) is 0 Å². The van der Waals surface area contributed by atoms with Gasteiger partial charge in [-0.15, -0.1) is 0 Å². The Morgan fingerprint density at radius 3 is 2.79 bits per heavy atom. The van der Waals surface area contributed by atoms with E-state index in [2.05, 4.69) is 34.7 Å². The molecule has 3 aliphatic rings. The lowest BCUT2D eigenvalue weighted by atomic mass is 9.87. The lowest BCUT2D eigenvalue weighted by Crippen LogP contribution is -2.47. The molecular formula is C27H32N4O3. The van der Waals surface area contributed by atoms with E-state index in [9.17, 15) is 9.90 Å². The summed E-state index contributed by atoms with van der Waals surface area (Å²) in [4.78, 5) is 22.7. The topological polar surface area (TPSA) is 90.5 Å². The molecule has 1 saturated heterocycles. The van der Waals surface area contributed by atoms with E-state index in [1.165, 1.54) is 40.5 Å². The van der Waals surface area contributed by atoms with Crippen LogP contribution in [0.4, 0.5) is 0 Å². The zero-order valence-corrected chi connectivity index (χ0v) is 19.9. The van der Waals surface area contributed by atoms with Gasteiger partial charge in [0.05, 0.1) is 19.3 Å². The molecule has 2 fully saturated rings. The van der Waals surface area contributed by atoms with Gasteiger partial charge in [-0.2, -0.15) is 0 Å². The quantitative estimate of drug-likeness (QED) is 0.555. The second kappa shape index (κ2) is 8.18. The molecule has 1 unspecified atom stereocenters. The van der Waals surface area contributed by atoms with Gasteiger partial charge in [-0.3, -0.25) is 4.79 Å². The summed E-state index contributed by atoms with van der Waals surface area (Å²) >= 11 is 0. The summed E-state index contributed by atoms with van der Waals surface area (Å²) < 4.78 is 5.80. The number of benzene rings is 1. The number of morpholine rings is 1. The Morgan fingerprint density at radius 1 is 1.21 bits per heavy atom. The highest BCUT2D eigenvalue weighted by atomic mass is 16.5. The van der Waals surface area contributed by atoms with Crippen molar-refractivity contribution < 1.29 is 14.6 Å². The zero-order valence-electron chi connectivity index (χ0n) is 19.9.